The van der Waals surface area contributed by atoms with E-state index < -0.39 is 0 Å². The molecule has 25 heavy (non-hydrogen) atoms. The third-order valence-electron chi connectivity index (χ3n) is 4.69. The van der Waals surface area contributed by atoms with Gasteiger partial charge in [-0.15, -0.1) is 0 Å². The van der Waals surface area contributed by atoms with Gasteiger partial charge in [-0.3, -0.25) is 9.48 Å². The van der Waals surface area contributed by atoms with Gasteiger partial charge in [-0.2, -0.15) is 10.1 Å². The molecule has 1 aliphatic heterocycles. The molecule has 1 saturated heterocycles. The van der Waals surface area contributed by atoms with Gasteiger partial charge >= 0.3 is 0 Å². The highest BCUT2D eigenvalue weighted by Gasteiger charge is 2.26. The lowest BCUT2D eigenvalue weighted by atomic mass is 10.0. The van der Waals surface area contributed by atoms with Gasteiger partial charge in [0, 0.05) is 37.7 Å². The van der Waals surface area contributed by atoms with Crippen LogP contribution in [-0.4, -0.2) is 43.3 Å². The summed E-state index contributed by atoms with van der Waals surface area (Å²) in [5.41, 5.74) is 0. The summed E-state index contributed by atoms with van der Waals surface area (Å²) in [6, 6.07) is 2.17. The van der Waals surface area contributed by atoms with Gasteiger partial charge in [0.1, 0.15) is 0 Å². The first-order valence-electron chi connectivity index (χ1n) is 9.23. The Morgan fingerprint density at radius 3 is 3.00 bits per heavy atom. The van der Waals surface area contributed by atoms with Gasteiger partial charge in [0.2, 0.25) is 11.8 Å². The first-order chi connectivity index (χ1) is 12.1. The molecule has 0 spiro atoms. The van der Waals surface area contributed by atoms with Gasteiger partial charge in [-0.05, 0) is 31.7 Å². The average Bonchev–Trinajstić information content (AvgIpc) is 3.27. The number of rotatable bonds is 7. The topological polar surface area (TPSA) is 77.0 Å². The maximum Gasteiger partial charge on any atom is 0.226 e. The van der Waals surface area contributed by atoms with Crippen molar-refractivity contribution in [2.75, 3.05) is 6.54 Å². The van der Waals surface area contributed by atoms with Crippen LogP contribution in [0.1, 0.15) is 63.6 Å². The van der Waals surface area contributed by atoms with Gasteiger partial charge in [-0.25, -0.2) is 0 Å². The van der Waals surface area contributed by atoms with E-state index in [4.69, 9.17) is 4.52 Å². The maximum atomic E-state index is 12.7. The molecule has 1 atom stereocenters. The van der Waals surface area contributed by atoms with E-state index in [1.54, 1.807) is 6.20 Å². The lowest BCUT2D eigenvalue weighted by molar-refractivity contribution is -0.135. The van der Waals surface area contributed by atoms with E-state index in [0.717, 1.165) is 38.2 Å². The number of carbonyl (C=O) groups is 1. The second kappa shape index (κ2) is 8.27. The van der Waals surface area contributed by atoms with Gasteiger partial charge < -0.3 is 9.42 Å². The van der Waals surface area contributed by atoms with Gasteiger partial charge in [-0.1, -0.05) is 19.0 Å². The van der Waals surface area contributed by atoms with Crippen LogP contribution in [0.3, 0.4) is 0 Å². The van der Waals surface area contributed by atoms with E-state index in [1.165, 1.54) is 6.42 Å². The molecule has 1 aliphatic rings. The van der Waals surface area contributed by atoms with E-state index in [-0.39, 0.29) is 17.9 Å². The molecular formula is C18H27N5O2. The Kier molecular flexibility index (Phi) is 5.83. The summed E-state index contributed by atoms with van der Waals surface area (Å²) in [7, 11) is 0. The summed E-state index contributed by atoms with van der Waals surface area (Å²) < 4.78 is 7.17. The molecule has 2 aromatic heterocycles. The number of hydrogen-bond donors (Lipinski definition) is 0. The smallest absolute Gasteiger partial charge is 0.226 e. The summed E-state index contributed by atoms with van der Waals surface area (Å²) in [4.78, 5) is 19.1. The average molecular weight is 345 g/mol. The molecule has 1 fully saturated rings. The number of likely N-dealkylation sites (tertiary alicyclic amines) is 1. The molecule has 7 heteroatoms. The highest BCUT2D eigenvalue weighted by atomic mass is 16.5. The molecule has 3 rings (SSSR count). The molecule has 1 amide bonds. The SMILES string of the molecule is CC(C)c1noc(CCCC(=O)N2CCCC[C@H]2Cn2cccn2)n1. The van der Waals surface area contributed by atoms with E-state index in [2.05, 4.69) is 15.2 Å². The molecule has 0 radical (unpaired) electrons. The van der Waals surface area contributed by atoms with Crippen LogP contribution in [-0.2, 0) is 17.8 Å². The summed E-state index contributed by atoms with van der Waals surface area (Å²) in [6.45, 7) is 5.70. The molecule has 136 valence electrons. The van der Waals surface area contributed by atoms with Crippen molar-refractivity contribution in [3.8, 4) is 0 Å². The van der Waals surface area contributed by atoms with Crippen LogP contribution in [0.25, 0.3) is 0 Å². The van der Waals surface area contributed by atoms with E-state index in [0.29, 0.717) is 18.7 Å². The molecule has 0 saturated carbocycles. The number of nitrogens with zero attached hydrogens (tertiary/aromatic N) is 5. The minimum Gasteiger partial charge on any atom is -0.339 e. The zero-order valence-electron chi connectivity index (χ0n) is 15.1. The van der Waals surface area contributed by atoms with Gasteiger partial charge in [0.25, 0.3) is 0 Å². The Labute approximate surface area is 148 Å². The molecule has 0 N–H and O–H groups in total. The fourth-order valence-electron chi connectivity index (χ4n) is 3.28. The normalized spacial score (nSPS) is 18.0. The molecule has 0 aromatic carbocycles. The Hall–Kier alpha value is -2.18. The third-order valence-corrected chi connectivity index (χ3v) is 4.69. The van der Waals surface area contributed by atoms with Crippen LogP contribution >= 0.6 is 0 Å². The van der Waals surface area contributed by atoms with Gasteiger partial charge in [0.05, 0.1) is 12.6 Å². The monoisotopic (exact) mass is 345 g/mol. The third kappa shape index (κ3) is 4.67. The Morgan fingerprint density at radius 2 is 2.28 bits per heavy atom. The molecule has 2 aromatic rings. The summed E-state index contributed by atoms with van der Waals surface area (Å²) in [5, 5.41) is 8.24. The second-order valence-electron chi connectivity index (χ2n) is 7.02. The number of hydrogen-bond acceptors (Lipinski definition) is 5. The Bertz CT molecular complexity index is 665. The minimum absolute atomic E-state index is 0.223. The van der Waals surface area contributed by atoms with Crippen LogP contribution < -0.4 is 0 Å². The Balaban J connectivity index is 1.50. The predicted octanol–water partition coefficient (Wildman–Crippen LogP) is 2.79. The Morgan fingerprint density at radius 1 is 1.40 bits per heavy atom. The minimum atomic E-state index is 0.223. The summed E-state index contributed by atoms with van der Waals surface area (Å²) in [5.74, 6) is 1.84. The van der Waals surface area contributed by atoms with Crippen molar-refractivity contribution in [1.29, 1.82) is 0 Å². The van der Waals surface area contributed by atoms with E-state index >= 15 is 0 Å². The van der Waals surface area contributed by atoms with E-state index in [9.17, 15) is 4.79 Å². The molecule has 0 bridgehead atoms. The molecule has 0 aliphatic carbocycles. The second-order valence-corrected chi connectivity index (χ2v) is 7.02. The highest BCUT2D eigenvalue weighted by molar-refractivity contribution is 5.76. The largest absolute Gasteiger partial charge is 0.339 e. The molecule has 0 unspecified atom stereocenters. The summed E-state index contributed by atoms with van der Waals surface area (Å²) in [6.07, 6.45) is 8.97. The number of piperidine rings is 1. The molecular weight excluding hydrogens is 318 g/mol. The van der Waals surface area contributed by atoms with Crippen molar-refractivity contribution in [3.63, 3.8) is 0 Å². The zero-order chi connectivity index (χ0) is 17.6. The maximum absolute atomic E-state index is 12.7. The van der Waals surface area contributed by atoms with Crippen molar-refractivity contribution >= 4 is 5.91 Å². The lowest BCUT2D eigenvalue weighted by Gasteiger charge is -2.35. The predicted molar refractivity (Wildman–Crippen MR) is 92.9 cm³/mol. The summed E-state index contributed by atoms with van der Waals surface area (Å²) >= 11 is 0. The zero-order valence-corrected chi connectivity index (χ0v) is 15.1. The van der Waals surface area contributed by atoms with Crippen LogP contribution in [0, 0.1) is 0 Å². The first-order valence-corrected chi connectivity index (χ1v) is 9.23. The van der Waals surface area contributed by atoms with Crippen LogP contribution in [0.2, 0.25) is 0 Å². The fraction of sp³-hybridized carbons (Fsp3) is 0.667. The van der Waals surface area contributed by atoms with Crippen LogP contribution in [0.15, 0.2) is 23.0 Å². The van der Waals surface area contributed by atoms with E-state index in [1.807, 2.05) is 35.7 Å². The van der Waals surface area contributed by atoms with Crippen molar-refractivity contribution in [2.45, 2.75) is 70.9 Å². The molecule has 7 nitrogen and oxygen atoms in total. The first kappa shape index (κ1) is 17.6. The highest BCUT2D eigenvalue weighted by Crippen LogP contribution is 2.20. The standard InChI is InChI=1S/C18H27N5O2/c1-14(2)18-20-16(25-21-18)8-5-9-17(24)23-12-4-3-7-15(23)13-22-11-6-10-19-22/h6,10-11,14-15H,3-5,7-9,12-13H2,1-2H3/t15-/m0/s1. The number of amides is 1. The van der Waals surface area contributed by atoms with Crippen molar-refractivity contribution in [1.82, 2.24) is 24.8 Å². The van der Waals surface area contributed by atoms with Crippen molar-refractivity contribution < 1.29 is 9.32 Å². The number of aryl methyl sites for hydroxylation is 1. The number of carbonyl (C=O) groups excluding carboxylic acids is 1. The van der Waals surface area contributed by atoms with Crippen molar-refractivity contribution in [3.05, 3.63) is 30.2 Å². The van der Waals surface area contributed by atoms with Crippen LogP contribution in [0.5, 0.6) is 0 Å². The van der Waals surface area contributed by atoms with Gasteiger partial charge in [0.15, 0.2) is 5.82 Å². The van der Waals surface area contributed by atoms with Crippen LogP contribution in [0.4, 0.5) is 0 Å². The molecule has 3 heterocycles. The fourth-order valence-corrected chi connectivity index (χ4v) is 3.28. The lowest BCUT2D eigenvalue weighted by Crippen LogP contribution is -2.45. The van der Waals surface area contributed by atoms with Crippen molar-refractivity contribution in [2.24, 2.45) is 0 Å². The number of aromatic nitrogens is 4. The quantitative estimate of drug-likeness (QED) is 0.771.